The van der Waals surface area contributed by atoms with E-state index in [4.69, 9.17) is 0 Å². The van der Waals surface area contributed by atoms with E-state index in [0.717, 1.165) is 0 Å². The zero-order valence-corrected chi connectivity index (χ0v) is 7.21. The van der Waals surface area contributed by atoms with Crippen molar-refractivity contribution in [3.63, 3.8) is 0 Å². The van der Waals surface area contributed by atoms with Crippen molar-refractivity contribution >= 4 is 26.9 Å². The normalized spacial score (nSPS) is 11.3. The minimum Gasteiger partial charge on any atom is -0.322 e. The van der Waals surface area contributed by atoms with Gasteiger partial charge in [-0.2, -0.15) is 0 Å². The number of hydrogen-bond acceptors (Lipinski definition) is 1. The third-order valence-corrected chi connectivity index (χ3v) is 2.97. The van der Waals surface area contributed by atoms with Gasteiger partial charge in [0, 0.05) is 17.8 Å². The van der Waals surface area contributed by atoms with Gasteiger partial charge >= 0.3 is 0 Å². The van der Waals surface area contributed by atoms with E-state index in [2.05, 4.69) is 46.4 Å². The van der Waals surface area contributed by atoms with E-state index in [9.17, 15) is 0 Å². The maximum atomic E-state index is 2.18. The third kappa shape index (κ3) is 0.676. The second kappa shape index (κ2) is 2.11. The topological polar surface area (TPSA) is 4.41 Å². The molecule has 0 aliphatic carbocycles. The van der Waals surface area contributed by atoms with E-state index in [1.807, 2.05) is 0 Å². The molecule has 0 N–H and O–H groups in total. The summed E-state index contributed by atoms with van der Waals surface area (Å²) in [6, 6.07) is 8.45. The van der Waals surface area contributed by atoms with Gasteiger partial charge in [0.05, 0.1) is 10.2 Å². The van der Waals surface area contributed by atoms with Gasteiger partial charge in [-0.25, -0.2) is 0 Å². The van der Waals surface area contributed by atoms with Gasteiger partial charge in [0.15, 0.2) is 0 Å². The molecule has 0 aromatic carbocycles. The predicted molar refractivity (Wildman–Crippen MR) is 52.8 cm³/mol. The monoisotopic (exact) mass is 173 g/mol. The largest absolute Gasteiger partial charge is 0.322 e. The summed E-state index contributed by atoms with van der Waals surface area (Å²) in [6.45, 7) is 0. The van der Waals surface area contributed by atoms with Crippen LogP contribution in [-0.2, 0) is 0 Å². The first-order valence-electron chi connectivity index (χ1n) is 3.88. The van der Waals surface area contributed by atoms with Crippen LogP contribution in [0.25, 0.3) is 15.6 Å². The van der Waals surface area contributed by atoms with Crippen molar-refractivity contribution in [1.82, 2.24) is 4.40 Å². The highest BCUT2D eigenvalue weighted by molar-refractivity contribution is 7.17. The lowest BCUT2D eigenvalue weighted by atomic mass is 10.3. The van der Waals surface area contributed by atoms with Crippen LogP contribution >= 0.6 is 11.3 Å². The zero-order valence-electron chi connectivity index (χ0n) is 6.40. The fourth-order valence-corrected chi connectivity index (χ4v) is 2.38. The summed E-state index contributed by atoms with van der Waals surface area (Å²) >= 11 is 1.79. The number of fused-ring (bicyclic) bond motifs is 3. The summed E-state index contributed by atoms with van der Waals surface area (Å²) in [5.41, 5.74) is 1.30. The second-order valence-electron chi connectivity index (χ2n) is 2.82. The Balaban J connectivity index is 2.68. The van der Waals surface area contributed by atoms with Gasteiger partial charge in [-0.3, -0.25) is 0 Å². The Morgan fingerprint density at radius 1 is 1.17 bits per heavy atom. The molecule has 3 rings (SSSR count). The Morgan fingerprint density at radius 3 is 3.17 bits per heavy atom. The van der Waals surface area contributed by atoms with Crippen molar-refractivity contribution in [2.45, 2.75) is 0 Å². The minimum atomic E-state index is 1.30. The molecular weight excluding hydrogens is 166 g/mol. The highest BCUT2D eigenvalue weighted by atomic mass is 32.1. The fourth-order valence-electron chi connectivity index (χ4n) is 1.56. The highest BCUT2D eigenvalue weighted by Crippen LogP contribution is 2.26. The lowest BCUT2D eigenvalue weighted by Gasteiger charge is -1.90. The van der Waals surface area contributed by atoms with Crippen LogP contribution in [0.3, 0.4) is 0 Å². The Morgan fingerprint density at radius 2 is 2.17 bits per heavy atom. The molecule has 12 heavy (non-hydrogen) atoms. The number of thiophene rings is 1. The van der Waals surface area contributed by atoms with Gasteiger partial charge in [-0.15, -0.1) is 11.3 Å². The molecule has 1 nitrogen and oxygen atoms in total. The fraction of sp³-hybridized carbons (Fsp3) is 0. The van der Waals surface area contributed by atoms with E-state index in [-0.39, 0.29) is 0 Å². The van der Waals surface area contributed by atoms with Crippen LogP contribution in [0.2, 0.25) is 0 Å². The van der Waals surface area contributed by atoms with Gasteiger partial charge in [0.2, 0.25) is 0 Å². The molecule has 0 saturated heterocycles. The van der Waals surface area contributed by atoms with Crippen LogP contribution in [-0.4, -0.2) is 4.40 Å². The summed E-state index contributed by atoms with van der Waals surface area (Å²) in [5.74, 6) is 0. The molecule has 0 bridgehead atoms. The number of hydrogen-bond donors (Lipinski definition) is 0. The summed E-state index contributed by atoms with van der Waals surface area (Å²) < 4.78 is 3.53. The molecule has 0 fully saturated rings. The van der Waals surface area contributed by atoms with Gasteiger partial charge in [0.25, 0.3) is 0 Å². The number of nitrogens with zero attached hydrogens (tertiary/aromatic N) is 1. The van der Waals surface area contributed by atoms with Crippen LogP contribution in [0, 0.1) is 0 Å². The van der Waals surface area contributed by atoms with E-state index >= 15 is 0 Å². The van der Waals surface area contributed by atoms with Crippen molar-refractivity contribution in [3.05, 3.63) is 42.0 Å². The molecule has 0 spiro atoms. The van der Waals surface area contributed by atoms with Crippen molar-refractivity contribution in [2.75, 3.05) is 0 Å². The Labute approximate surface area is 73.9 Å². The molecule has 0 unspecified atom stereocenters. The molecule has 0 aliphatic heterocycles. The molecule has 0 amide bonds. The summed E-state index contributed by atoms with van der Waals surface area (Å²) in [7, 11) is 0. The summed E-state index contributed by atoms with van der Waals surface area (Å²) in [5, 5.41) is 3.50. The average Bonchev–Trinajstić information content (AvgIpc) is 2.62. The van der Waals surface area contributed by atoms with E-state index in [1.54, 1.807) is 11.3 Å². The average molecular weight is 173 g/mol. The number of rotatable bonds is 0. The molecular formula is C10H7NS. The predicted octanol–water partition coefficient (Wildman–Crippen LogP) is 3.15. The van der Waals surface area contributed by atoms with Crippen molar-refractivity contribution in [1.29, 1.82) is 0 Å². The first kappa shape index (κ1) is 6.26. The standard InChI is InChI=1S/C10H7NS/c1-2-5-11-7-10-8(4-6-12-10)9(11)3-1/h1-7H. The van der Waals surface area contributed by atoms with Crippen LogP contribution in [0.15, 0.2) is 42.0 Å². The van der Waals surface area contributed by atoms with Gasteiger partial charge < -0.3 is 4.40 Å². The van der Waals surface area contributed by atoms with Crippen LogP contribution in [0.1, 0.15) is 0 Å². The Kier molecular flexibility index (Phi) is 1.10. The Hall–Kier alpha value is -1.28. The lowest BCUT2D eigenvalue weighted by molar-refractivity contribution is 1.21. The maximum Gasteiger partial charge on any atom is 0.0537 e. The summed E-state index contributed by atoms with van der Waals surface area (Å²) in [4.78, 5) is 0. The molecule has 0 aliphatic rings. The van der Waals surface area contributed by atoms with Crippen LogP contribution in [0.5, 0.6) is 0 Å². The van der Waals surface area contributed by atoms with E-state index in [1.165, 1.54) is 15.6 Å². The van der Waals surface area contributed by atoms with E-state index in [0.29, 0.717) is 0 Å². The molecule has 2 heteroatoms. The third-order valence-electron chi connectivity index (χ3n) is 2.12. The molecule has 0 radical (unpaired) electrons. The van der Waals surface area contributed by atoms with Gasteiger partial charge in [-0.1, -0.05) is 6.07 Å². The van der Waals surface area contributed by atoms with Gasteiger partial charge in [0.1, 0.15) is 0 Å². The molecule has 0 saturated carbocycles. The molecule has 58 valence electrons. The van der Waals surface area contributed by atoms with Crippen LogP contribution < -0.4 is 0 Å². The van der Waals surface area contributed by atoms with Crippen molar-refractivity contribution < 1.29 is 0 Å². The second-order valence-corrected chi connectivity index (χ2v) is 3.77. The molecule has 3 aromatic heterocycles. The first-order chi connectivity index (χ1) is 5.95. The van der Waals surface area contributed by atoms with Gasteiger partial charge in [-0.05, 0) is 23.6 Å². The van der Waals surface area contributed by atoms with Crippen molar-refractivity contribution in [2.24, 2.45) is 0 Å². The SMILES string of the molecule is c1ccn2cc3sccc3c2c1. The minimum absolute atomic E-state index is 1.30. The molecule has 3 heterocycles. The smallest absolute Gasteiger partial charge is 0.0537 e. The maximum absolute atomic E-state index is 2.18. The van der Waals surface area contributed by atoms with Crippen molar-refractivity contribution in [3.8, 4) is 0 Å². The highest BCUT2D eigenvalue weighted by Gasteiger charge is 2.01. The number of pyridine rings is 1. The molecule has 3 aromatic rings. The van der Waals surface area contributed by atoms with E-state index < -0.39 is 0 Å². The molecule has 0 atom stereocenters. The quantitative estimate of drug-likeness (QED) is 0.492. The first-order valence-corrected chi connectivity index (χ1v) is 4.76. The zero-order chi connectivity index (χ0) is 7.97. The van der Waals surface area contributed by atoms with Crippen LogP contribution in [0.4, 0.5) is 0 Å². The Bertz CT molecular complexity index is 532. The summed E-state index contributed by atoms with van der Waals surface area (Å²) in [6.07, 6.45) is 4.26. The number of aromatic nitrogens is 1. The lowest BCUT2D eigenvalue weighted by Crippen LogP contribution is -1.76.